The van der Waals surface area contributed by atoms with Crippen molar-refractivity contribution in [1.82, 2.24) is 5.32 Å². The highest BCUT2D eigenvalue weighted by Crippen LogP contribution is 2.16. The van der Waals surface area contributed by atoms with Crippen LogP contribution < -0.4 is 5.32 Å². The van der Waals surface area contributed by atoms with Gasteiger partial charge in [-0.3, -0.25) is 4.79 Å². The molecule has 0 aliphatic carbocycles. The van der Waals surface area contributed by atoms with E-state index in [1.165, 1.54) is 14.0 Å². The molecule has 0 aliphatic heterocycles. The molecule has 0 saturated heterocycles. The SMILES string of the molecule is COC(=O)C(C)(NC=O)O[Si](C)(C)C. The lowest BCUT2D eigenvalue weighted by atomic mass is 10.3. The highest BCUT2D eigenvalue weighted by atomic mass is 28.4. The Morgan fingerprint density at radius 3 is 2.21 bits per heavy atom. The molecule has 6 heteroatoms. The highest BCUT2D eigenvalue weighted by Gasteiger charge is 2.39. The molecule has 0 radical (unpaired) electrons. The van der Waals surface area contributed by atoms with E-state index in [-0.39, 0.29) is 0 Å². The summed E-state index contributed by atoms with van der Waals surface area (Å²) in [4.78, 5) is 21.7. The lowest BCUT2D eigenvalue weighted by Gasteiger charge is -2.32. The van der Waals surface area contributed by atoms with Gasteiger partial charge >= 0.3 is 5.97 Å². The van der Waals surface area contributed by atoms with E-state index in [9.17, 15) is 9.59 Å². The van der Waals surface area contributed by atoms with Gasteiger partial charge in [0.05, 0.1) is 7.11 Å². The monoisotopic (exact) mass is 219 g/mol. The minimum absolute atomic E-state index is 0.428. The molecule has 0 aromatic rings. The number of hydrogen-bond donors (Lipinski definition) is 1. The Kier molecular flexibility index (Phi) is 4.27. The van der Waals surface area contributed by atoms with Gasteiger partial charge in [-0.25, -0.2) is 4.79 Å². The maximum absolute atomic E-state index is 11.4. The minimum Gasteiger partial charge on any atom is -0.465 e. The fourth-order valence-corrected chi connectivity index (χ4v) is 2.42. The molecular weight excluding hydrogens is 202 g/mol. The van der Waals surface area contributed by atoms with Gasteiger partial charge < -0.3 is 14.5 Å². The van der Waals surface area contributed by atoms with Crippen LogP contribution in [0.25, 0.3) is 0 Å². The average Bonchev–Trinajstić information content (AvgIpc) is 2.00. The number of rotatable bonds is 5. The van der Waals surface area contributed by atoms with Gasteiger partial charge in [-0.15, -0.1) is 0 Å². The predicted octanol–water partition coefficient (Wildman–Crippen LogP) is 0.473. The minimum atomic E-state index is -1.93. The van der Waals surface area contributed by atoms with E-state index in [1.807, 2.05) is 19.6 Å². The van der Waals surface area contributed by atoms with Gasteiger partial charge in [0.15, 0.2) is 8.32 Å². The van der Waals surface area contributed by atoms with Crippen LogP contribution in [0.15, 0.2) is 0 Å². The number of methoxy groups -OCH3 is 1. The molecule has 14 heavy (non-hydrogen) atoms. The first kappa shape index (κ1) is 13.1. The molecule has 1 N–H and O–H groups in total. The number of carbonyl (C=O) groups is 2. The molecule has 1 amide bonds. The molecule has 0 bridgehead atoms. The summed E-state index contributed by atoms with van der Waals surface area (Å²) >= 11 is 0. The van der Waals surface area contributed by atoms with Gasteiger partial charge in [0.25, 0.3) is 0 Å². The highest BCUT2D eigenvalue weighted by molar-refractivity contribution is 6.70. The maximum Gasteiger partial charge on any atom is 0.358 e. The number of hydrogen-bond acceptors (Lipinski definition) is 4. The average molecular weight is 219 g/mol. The Hall–Kier alpha value is -0.883. The Morgan fingerprint density at radius 2 is 1.93 bits per heavy atom. The second-order valence-corrected chi connectivity index (χ2v) is 8.43. The largest absolute Gasteiger partial charge is 0.465 e. The zero-order valence-corrected chi connectivity index (χ0v) is 10.2. The van der Waals surface area contributed by atoms with E-state index in [2.05, 4.69) is 10.1 Å². The molecule has 0 aliphatic rings. The van der Waals surface area contributed by atoms with E-state index in [0.717, 1.165) is 0 Å². The molecule has 0 heterocycles. The van der Waals surface area contributed by atoms with Crippen LogP contribution in [0, 0.1) is 0 Å². The number of carbonyl (C=O) groups excluding carboxylic acids is 2. The molecule has 0 fully saturated rings. The fourth-order valence-electron chi connectivity index (χ4n) is 1.05. The third-order valence-electron chi connectivity index (χ3n) is 1.42. The van der Waals surface area contributed by atoms with Crippen LogP contribution in [0.1, 0.15) is 6.92 Å². The molecule has 1 unspecified atom stereocenters. The Labute approximate surface area is 84.9 Å². The number of ether oxygens (including phenoxy) is 1. The Bertz CT molecular complexity index is 226. The number of nitrogens with one attached hydrogen (secondary N) is 1. The summed E-state index contributed by atoms with van der Waals surface area (Å²) in [6.07, 6.45) is 0.428. The number of esters is 1. The van der Waals surface area contributed by atoms with Crippen molar-refractivity contribution >= 4 is 20.7 Å². The molecule has 1 atom stereocenters. The van der Waals surface area contributed by atoms with Crippen molar-refractivity contribution in [3.05, 3.63) is 0 Å². The third kappa shape index (κ3) is 3.88. The summed E-state index contributed by atoms with van der Waals surface area (Å²) < 4.78 is 10.1. The Balaban J connectivity index is 4.71. The molecule has 0 aromatic heterocycles. The molecule has 0 rings (SSSR count). The zero-order chi connectivity index (χ0) is 11.4. The first-order valence-corrected chi connectivity index (χ1v) is 7.66. The lowest BCUT2D eigenvalue weighted by molar-refractivity contribution is -0.162. The van der Waals surface area contributed by atoms with Gasteiger partial charge in [0, 0.05) is 0 Å². The quantitative estimate of drug-likeness (QED) is 0.316. The maximum atomic E-state index is 11.4. The van der Waals surface area contributed by atoms with Crippen molar-refractivity contribution in [2.75, 3.05) is 7.11 Å². The van der Waals surface area contributed by atoms with Crippen LogP contribution in [0.3, 0.4) is 0 Å². The summed E-state index contributed by atoms with van der Waals surface area (Å²) in [5.41, 5.74) is -1.37. The topological polar surface area (TPSA) is 64.6 Å². The standard InChI is InChI=1S/C8H17NO4Si/c1-8(9-6-10,7(11)12-2)13-14(3,4)5/h6H,1-5H3,(H,9,10). The molecule has 82 valence electrons. The summed E-state index contributed by atoms with van der Waals surface area (Å²) in [5.74, 6) is -0.605. The van der Waals surface area contributed by atoms with Crippen LogP contribution in [-0.2, 0) is 18.8 Å². The lowest BCUT2D eigenvalue weighted by Crippen LogP contribution is -2.56. The van der Waals surface area contributed by atoms with Crippen LogP contribution in [0.4, 0.5) is 0 Å². The van der Waals surface area contributed by atoms with Gasteiger partial charge in [0.1, 0.15) is 0 Å². The van der Waals surface area contributed by atoms with Crippen molar-refractivity contribution < 1.29 is 18.8 Å². The first-order chi connectivity index (χ1) is 6.25. The molecule has 0 spiro atoms. The summed E-state index contributed by atoms with van der Waals surface area (Å²) in [6.45, 7) is 7.23. The molecule has 0 aromatic carbocycles. The van der Waals surface area contributed by atoms with Gasteiger partial charge in [-0.1, -0.05) is 0 Å². The zero-order valence-electron chi connectivity index (χ0n) is 9.21. The first-order valence-electron chi connectivity index (χ1n) is 4.25. The van der Waals surface area contributed by atoms with Crippen molar-refractivity contribution in [1.29, 1.82) is 0 Å². The summed E-state index contributed by atoms with van der Waals surface area (Å²) in [5, 5.41) is 2.32. The number of amides is 1. The van der Waals surface area contributed by atoms with Crippen LogP contribution in [-0.4, -0.2) is 33.5 Å². The van der Waals surface area contributed by atoms with Crippen LogP contribution in [0.5, 0.6) is 0 Å². The second-order valence-electron chi connectivity index (χ2n) is 4.00. The van der Waals surface area contributed by atoms with Crippen molar-refractivity contribution in [2.45, 2.75) is 32.3 Å². The summed E-state index contributed by atoms with van der Waals surface area (Å²) in [7, 11) is -0.680. The smallest absolute Gasteiger partial charge is 0.358 e. The van der Waals surface area contributed by atoms with Crippen LogP contribution in [0.2, 0.25) is 19.6 Å². The molecule has 5 nitrogen and oxygen atoms in total. The van der Waals surface area contributed by atoms with Crippen LogP contribution >= 0.6 is 0 Å². The van der Waals surface area contributed by atoms with E-state index in [1.54, 1.807) is 0 Å². The predicted molar refractivity (Wildman–Crippen MR) is 54.1 cm³/mol. The van der Waals surface area contributed by atoms with E-state index in [0.29, 0.717) is 6.41 Å². The van der Waals surface area contributed by atoms with E-state index >= 15 is 0 Å². The Morgan fingerprint density at radius 1 is 1.43 bits per heavy atom. The van der Waals surface area contributed by atoms with Gasteiger partial charge in [0.2, 0.25) is 12.1 Å². The van der Waals surface area contributed by atoms with Crippen molar-refractivity contribution in [2.24, 2.45) is 0 Å². The second kappa shape index (κ2) is 4.56. The third-order valence-corrected chi connectivity index (χ3v) is 2.44. The van der Waals surface area contributed by atoms with E-state index in [4.69, 9.17) is 4.43 Å². The normalized spacial score (nSPS) is 15.5. The van der Waals surface area contributed by atoms with Gasteiger partial charge in [-0.05, 0) is 26.6 Å². The fraction of sp³-hybridized carbons (Fsp3) is 0.750. The van der Waals surface area contributed by atoms with E-state index < -0.39 is 20.0 Å². The molecular formula is C8H17NO4Si. The van der Waals surface area contributed by atoms with Gasteiger partial charge in [-0.2, -0.15) is 0 Å². The van der Waals surface area contributed by atoms with Crippen molar-refractivity contribution in [3.63, 3.8) is 0 Å². The summed E-state index contributed by atoms with van der Waals surface area (Å²) in [6, 6.07) is 0. The molecule has 0 saturated carbocycles. The van der Waals surface area contributed by atoms with Crippen molar-refractivity contribution in [3.8, 4) is 0 Å².